The first-order valence-electron chi connectivity index (χ1n) is 8.17. The van der Waals surface area contributed by atoms with Gasteiger partial charge in [-0.25, -0.2) is 0 Å². The van der Waals surface area contributed by atoms with Crippen molar-refractivity contribution in [3.05, 3.63) is 21.9 Å². The average Bonchev–Trinajstić information content (AvgIpc) is 3.04. The zero-order valence-electron chi connectivity index (χ0n) is 13.6. The predicted octanol–water partition coefficient (Wildman–Crippen LogP) is 2.34. The summed E-state index contributed by atoms with van der Waals surface area (Å²) in [6.45, 7) is 5.40. The van der Waals surface area contributed by atoms with Crippen LogP contribution in [0.4, 0.5) is 0 Å². The topological polar surface area (TPSA) is 66.8 Å². The van der Waals surface area contributed by atoms with Crippen molar-refractivity contribution in [3.63, 3.8) is 0 Å². The Morgan fingerprint density at radius 3 is 2.52 bits per heavy atom. The summed E-state index contributed by atoms with van der Waals surface area (Å²) in [4.78, 5) is 27.0. The number of piperidine rings is 1. The third kappa shape index (κ3) is 2.84. The van der Waals surface area contributed by atoms with Gasteiger partial charge in [-0.1, -0.05) is 0 Å². The molecule has 1 aromatic heterocycles. The molecular formula is C17H23NO4S. The van der Waals surface area contributed by atoms with E-state index in [0.29, 0.717) is 35.9 Å². The van der Waals surface area contributed by atoms with Gasteiger partial charge in [-0.05, 0) is 38.8 Å². The van der Waals surface area contributed by atoms with Crippen LogP contribution in [0.1, 0.15) is 52.5 Å². The van der Waals surface area contributed by atoms with Crippen LogP contribution in [-0.2, 0) is 4.74 Å². The molecule has 1 N–H and O–H groups in total. The highest BCUT2D eigenvalue weighted by Crippen LogP contribution is 2.51. The highest BCUT2D eigenvalue weighted by atomic mass is 32.1. The molecule has 2 aliphatic rings. The van der Waals surface area contributed by atoms with E-state index in [1.165, 1.54) is 18.3 Å². The molecule has 1 aliphatic carbocycles. The molecule has 0 radical (unpaired) electrons. The number of aliphatic hydroxyl groups is 1. The van der Waals surface area contributed by atoms with Crippen molar-refractivity contribution in [3.8, 4) is 0 Å². The molecule has 1 spiro atoms. The van der Waals surface area contributed by atoms with E-state index in [2.05, 4.69) is 0 Å². The van der Waals surface area contributed by atoms with Crippen molar-refractivity contribution in [2.24, 2.45) is 5.41 Å². The van der Waals surface area contributed by atoms with Crippen LogP contribution in [0, 0.1) is 5.41 Å². The zero-order valence-corrected chi connectivity index (χ0v) is 14.4. The molecule has 1 amide bonds. The number of nitrogens with zero attached hydrogens (tertiary/aromatic N) is 1. The molecule has 1 aliphatic heterocycles. The van der Waals surface area contributed by atoms with Gasteiger partial charge in [-0.15, -0.1) is 11.3 Å². The lowest BCUT2D eigenvalue weighted by molar-refractivity contribution is -0.207. The maximum Gasteiger partial charge on any atom is 0.263 e. The van der Waals surface area contributed by atoms with Crippen LogP contribution in [0.5, 0.6) is 0 Å². The van der Waals surface area contributed by atoms with Crippen LogP contribution >= 0.6 is 11.3 Å². The van der Waals surface area contributed by atoms with Crippen molar-refractivity contribution in [2.75, 3.05) is 19.7 Å². The Kier molecular flexibility index (Phi) is 4.58. The molecule has 1 aromatic rings. The number of hydrogen-bond donors (Lipinski definition) is 1. The number of Topliss-reactive ketones (excluding diaryl/α,β-unsaturated/α-hetero) is 1. The number of ether oxygens (including phenoxy) is 1. The first-order valence-corrected chi connectivity index (χ1v) is 8.99. The lowest BCUT2D eigenvalue weighted by Crippen LogP contribution is -2.62. The molecule has 1 saturated heterocycles. The lowest BCUT2D eigenvalue weighted by Gasteiger charge is -2.56. The molecule has 126 valence electrons. The summed E-state index contributed by atoms with van der Waals surface area (Å²) >= 11 is 1.26. The smallest absolute Gasteiger partial charge is 0.263 e. The van der Waals surface area contributed by atoms with Gasteiger partial charge in [-0.3, -0.25) is 9.59 Å². The first kappa shape index (κ1) is 16.6. The number of aliphatic hydroxyl groups excluding tert-OH is 1. The van der Waals surface area contributed by atoms with Gasteiger partial charge in [0, 0.05) is 31.5 Å². The first-order chi connectivity index (χ1) is 11.0. The predicted molar refractivity (Wildman–Crippen MR) is 87.9 cm³/mol. The van der Waals surface area contributed by atoms with Crippen LogP contribution in [-0.4, -0.2) is 53.6 Å². The fraction of sp³-hybridized carbons (Fsp3) is 0.647. The summed E-state index contributed by atoms with van der Waals surface area (Å²) < 4.78 is 5.75. The second-order valence-electron chi connectivity index (χ2n) is 6.44. The minimum atomic E-state index is -0.317. The van der Waals surface area contributed by atoms with Gasteiger partial charge in [0.05, 0.1) is 22.0 Å². The molecule has 6 heteroatoms. The Hall–Kier alpha value is -1.24. The summed E-state index contributed by atoms with van der Waals surface area (Å²) in [5, 5.41) is 10.2. The third-order valence-corrected chi connectivity index (χ3v) is 6.43. The van der Waals surface area contributed by atoms with Crippen molar-refractivity contribution in [2.45, 2.75) is 45.3 Å². The van der Waals surface area contributed by atoms with Crippen LogP contribution in [0.15, 0.2) is 12.1 Å². The minimum Gasteiger partial charge on any atom is -0.392 e. The van der Waals surface area contributed by atoms with E-state index in [1.807, 2.05) is 11.8 Å². The minimum absolute atomic E-state index is 0.0104. The van der Waals surface area contributed by atoms with Crippen LogP contribution < -0.4 is 0 Å². The maximum absolute atomic E-state index is 12.6. The number of carbonyl (C=O) groups is 2. The summed E-state index contributed by atoms with van der Waals surface area (Å²) in [6, 6.07) is 3.45. The van der Waals surface area contributed by atoms with Gasteiger partial charge in [-0.2, -0.15) is 0 Å². The normalized spacial score (nSPS) is 26.1. The van der Waals surface area contributed by atoms with E-state index in [9.17, 15) is 14.7 Å². The molecule has 0 unspecified atom stereocenters. The molecule has 5 nitrogen and oxygen atoms in total. The fourth-order valence-corrected chi connectivity index (χ4v) is 4.61. The maximum atomic E-state index is 12.6. The van der Waals surface area contributed by atoms with Crippen LogP contribution in [0.2, 0.25) is 0 Å². The molecule has 23 heavy (non-hydrogen) atoms. The Morgan fingerprint density at radius 2 is 2.00 bits per heavy atom. The number of likely N-dealkylation sites (tertiary alicyclic amines) is 1. The number of ketones is 1. The summed E-state index contributed by atoms with van der Waals surface area (Å²) in [5.74, 6) is -0.0251. The summed E-state index contributed by atoms with van der Waals surface area (Å²) in [7, 11) is 0. The second-order valence-corrected chi connectivity index (χ2v) is 7.52. The highest BCUT2D eigenvalue weighted by Gasteiger charge is 2.56. The monoisotopic (exact) mass is 337 g/mol. The molecule has 2 atom stereocenters. The Labute approximate surface area is 140 Å². The standard InChI is InChI=1S/C17H23NO4S/c1-3-22-15-10-14(20)17(15)6-8-18(9-7-17)16(21)13-5-4-12(23-13)11(2)19/h4-5,14-15,20H,3,6-10H2,1-2H3/t14-,15+/m1/s1. The van der Waals surface area contributed by atoms with Crippen LogP contribution in [0.25, 0.3) is 0 Å². The molecule has 2 fully saturated rings. The van der Waals surface area contributed by atoms with Gasteiger partial charge in [0.2, 0.25) is 0 Å². The zero-order chi connectivity index (χ0) is 16.6. The number of thiophene rings is 1. The Bertz CT molecular complexity index is 601. The molecule has 0 bridgehead atoms. The van der Waals surface area contributed by atoms with E-state index in [-0.39, 0.29) is 29.3 Å². The van der Waals surface area contributed by atoms with E-state index in [0.717, 1.165) is 12.8 Å². The molecular weight excluding hydrogens is 314 g/mol. The number of carbonyl (C=O) groups excluding carboxylic acids is 2. The van der Waals surface area contributed by atoms with E-state index >= 15 is 0 Å². The number of hydrogen-bond acceptors (Lipinski definition) is 5. The van der Waals surface area contributed by atoms with Gasteiger partial charge >= 0.3 is 0 Å². The molecule has 3 rings (SSSR count). The summed E-state index contributed by atoms with van der Waals surface area (Å²) in [5.41, 5.74) is -0.174. The van der Waals surface area contributed by atoms with E-state index in [1.54, 1.807) is 12.1 Å². The lowest BCUT2D eigenvalue weighted by atomic mass is 9.58. The van der Waals surface area contributed by atoms with Crippen molar-refractivity contribution >= 4 is 23.0 Å². The van der Waals surface area contributed by atoms with Crippen molar-refractivity contribution in [1.82, 2.24) is 4.90 Å². The van der Waals surface area contributed by atoms with E-state index in [4.69, 9.17) is 4.74 Å². The molecule has 0 aromatic carbocycles. The fourth-order valence-electron chi connectivity index (χ4n) is 3.74. The Morgan fingerprint density at radius 1 is 1.35 bits per heavy atom. The molecule has 1 saturated carbocycles. The Balaban J connectivity index is 1.64. The quantitative estimate of drug-likeness (QED) is 0.857. The van der Waals surface area contributed by atoms with Crippen LogP contribution in [0.3, 0.4) is 0 Å². The summed E-state index contributed by atoms with van der Waals surface area (Å²) in [6.07, 6.45) is 2.05. The average molecular weight is 337 g/mol. The van der Waals surface area contributed by atoms with Gasteiger partial charge in [0.1, 0.15) is 0 Å². The van der Waals surface area contributed by atoms with E-state index < -0.39 is 0 Å². The third-order valence-electron chi connectivity index (χ3n) is 5.26. The van der Waals surface area contributed by atoms with Gasteiger partial charge in [0.15, 0.2) is 5.78 Å². The number of amides is 1. The SMILES string of the molecule is CCO[C@H]1C[C@@H](O)C12CCN(C(=O)c1ccc(C(C)=O)s1)CC2. The second kappa shape index (κ2) is 6.34. The van der Waals surface area contributed by atoms with Gasteiger partial charge in [0.25, 0.3) is 5.91 Å². The van der Waals surface area contributed by atoms with Crippen molar-refractivity contribution < 1.29 is 19.4 Å². The highest BCUT2D eigenvalue weighted by molar-refractivity contribution is 7.15. The largest absolute Gasteiger partial charge is 0.392 e. The van der Waals surface area contributed by atoms with Crippen molar-refractivity contribution in [1.29, 1.82) is 0 Å². The number of rotatable bonds is 4. The molecule has 2 heterocycles. The van der Waals surface area contributed by atoms with Gasteiger partial charge < -0.3 is 14.7 Å².